The normalized spacial score (nSPS) is 12.0. The molecule has 8 heteroatoms. The number of halogens is 1. The SMILES string of the molecule is CC(c1ccc(F)cc1)N(C)C(=O)CSc1nnc(Cc2cccs2)n1-c1ccccc1. The number of hydrogen-bond acceptors (Lipinski definition) is 5. The maximum absolute atomic E-state index is 13.2. The van der Waals surface area contributed by atoms with Gasteiger partial charge in [0.05, 0.1) is 11.8 Å². The molecule has 0 spiro atoms. The number of amides is 1. The van der Waals surface area contributed by atoms with Crippen molar-refractivity contribution in [2.75, 3.05) is 12.8 Å². The summed E-state index contributed by atoms with van der Waals surface area (Å²) in [5, 5.41) is 11.5. The molecule has 5 nitrogen and oxygen atoms in total. The molecule has 0 aliphatic rings. The summed E-state index contributed by atoms with van der Waals surface area (Å²) in [5.74, 6) is 0.742. The Kier molecular flexibility index (Phi) is 7.02. The molecule has 32 heavy (non-hydrogen) atoms. The summed E-state index contributed by atoms with van der Waals surface area (Å²) >= 11 is 3.05. The third-order valence-corrected chi connectivity index (χ3v) is 7.07. The zero-order valence-corrected chi connectivity index (χ0v) is 19.4. The fourth-order valence-corrected chi connectivity index (χ4v) is 4.92. The maximum atomic E-state index is 13.2. The van der Waals surface area contributed by atoms with Crippen molar-refractivity contribution in [2.45, 2.75) is 24.5 Å². The van der Waals surface area contributed by atoms with Crippen LogP contribution >= 0.6 is 23.1 Å². The molecule has 1 unspecified atom stereocenters. The lowest BCUT2D eigenvalue weighted by atomic mass is 10.1. The Labute approximate surface area is 194 Å². The predicted molar refractivity (Wildman–Crippen MR) is 127 cm³/mol. The molecule has 1 atom stereocenters. The van der Waals surface area contributed by atoms with Crippen LogP contribution in [0.5, 0.6) is 0 Å². The van der Waals surface area contributed by atoms with Crippen LogP contribution in [0.4, 0.5) is 4.39 Å². The minimum absolute atomic E-state index is 0.0331. The summed E-state index contributed by atoms with van der Waals surface area (Å²) in [6.45, 7) is 1.93. The Morgan fingerprint density at radius 1 is 1.09 bits per heavy atom. The average Bonchev–Trinajstić information content (AvgIpc) is 3.48. The van der Waals surface area contributed by atoms with Crippen molar-refractivity contribution in [1.29, 1.82) is 0 Å². The second kappa shape index (κ2) is 10.1. The fraction of sp³-hybridized carbons (Fsp3) is 0.208. The van der Waals surface area contributed by atoms with Crippen LogP contribution < -0.4 is 0 Å². The number of rotatable bonds is 8. The first-order valence-electron chi connectivity index (χ1n) is 10.2. The van der Waals surface area contributed by atoms with Crippen LogP contribution in [0.2, 0.25) is 0 Å². The van der Waals surface area contributed by atoms with Crippen molar-refractivity contribution in [3.8, 4) is 5.69 Å². The molecule has 2 heterocycles. The van der Waals surface area contributed by atoms with Gasteiger partial charge >= 0.3 is 0 Å². The van der Waals surface area contributed by atoms with E-state index in [1.54, 1.807) is 35.4 Å². The third-order valence-electron chi connectivity index (χ3n) is 5.28. The standard InChI is InChI=1S/C24H23FN4OS2/c1-17(18-10-12-19(25)13-11-18)28(2)23(30)16-32-24-27-26-22(15-21-9-6-14-31-21)29(24)20-7-4-3-5-8-20/h3-14,17H,15-16H2,1-2H3. The minimum Gasteiger partial charge on any atom is -0.338 e. The van der Waals surface area contributed by atoms with Crippen molar-refractivity contribution in [3.05, 3.63) is 94.2 Å². The summed E-state index contributed by atoms with van der Waals surface area (Å²) in [6, 6.07) is 20.1. The van der Waals surface area contributed by atoms with Crippen LogP contribution in [-0.4, -0.2) is 38.4 Å². The molecule has 0 aliphatic heterocycles. The highest BCUT2D eigenvalue weighted by Gasteiger charge is 2.20. The second-order valence-corrected chi connectivity index (χ2v) is 9.32. The van der Waals surface area contributed by atoms with Gasteiger partial charge in [-0.3, -0.25) is 9.36 Å². The maximum Gasteiger partial charge on any atom is 0.233 e. The van der Waals surface area contributed by atoms with E-state index in [0.717, 1.165) is 17.1 Å². The van der Waals surface area contributed by atoms with Crippen molar-refractivity contribution < 1.29 is 9.18 Å². The van der Waals surface area contributed by atoms with Gasteiger partial charge in [0.1, 0.15) is 11.6 Å². The van der Waals surface area contributed by atoms with Crippen molar-refractivity contribution in [3.63, 3.8) is 0 Å². The summed E-state index contributed by atoms with van der Waals surface area (Å²) in [5.41, 5.74) is 1.85. The number of hydrogen-bond donors (Lipinski definition) is 0. The van der Waals surface area contributed by atoms with Gasteiger partial charge < -0.3 is 4.90 Å². The molecule has 0 fully saturated rings. The smallest absolute Gasteiger partial charge is 0.233 e. The number of aromatic nitrogens is 3. The number of para-hydroxylation sites is 1. The number of carbonyl (C=O) groups excluding carboxylic acids is 1. The topological polar surface area (TPSA) is 51.0 Å². The molecule has 0 radical (unpaired) electrons. The van der Waals surface area contributed by atoms with E-state index in [9.17, 15) is 9.18 Å². The number of carbonyl (C=O) groups is 1. The first kappa shape index (κ1) is 22.2. The van der Waals surface area contributed by atoms with E-state index in [0.29, 0.717) is 11.6 Å². The van der Waals surface area contributed by atoms with Gasteiger partial charge in [-0.1, -0.05) is 48.2 Å². The lowest BCUT2D eigenvalue weighted by Gasteiger charge is -2.25. The van der Waals surface area contributed by atoms with Gasteiger partial charge in [-0.25, -0.2) is 4.39 Å². The highest BCUT2D eigenvalue weighted by Crippen LogP contribution is 2.26. The van der Waals surface area contributed by atoms with E-state index in [-0.39, 0.29) is 23.5 Å². The Hall–Kier alpha value is -2.97. The van der Waals surface area contributed by atoms with E-state index in [1.165, 1.54) is 28.8 Å². The van der Waals surface area contributed by atoms with E-state index in [4.69, 9.17) is 0 Å². The van der Waals surface area contributed by atoms with Crippen molar-refractivity contribution in [2.24, 2.45) is 0 Å². The number of nitrogens with zero attached hydrogens (tertiary/aromatic N) is 4. The first-order valence-corrected chi connectivity index (χ1v) is 12.1. The molecule has 0 saturated carbocycles. The third kappa shape index (κ3) is 5.08. The van der Waals surface area contributed by atoms with Gasteiger partial charge in [0.15, 0.2) is 5.16 Å². The molecule has 2 aromatic carbocycles. The highest BCUT2D eigenvalue weighted by molar-refractivity contribution is 7.99. The zero-order valence-electron chi connectivity index (χ0n) is 17.8. The molecular weight excluding hydrogens is 443 g/mol. The quantitative estimate of drug-likeness (QED) is 0.328. The number of thiophene rings is 1. The summed E-state index contributed by atoms with van der Waals surface area (Å²) in [6.07, 6.45) is 0.676. The molecule has 0 saturated heterocycles. The van der Waals surface area contributed by atoms with E-state index < -0.39 is 0 Å². The molecule has 2 aromatic heterocycles. The molecule has 0 N–H and O–H groups in total. The Balaban J connectivity index is 1.50. The lowest BCUT2D eigenvalue weighted by molar-refractivity contribution is -0.128. The second-order valence-electron chi connectivity index (χ2n) is 7.35. The number of thioether (sulfide) groups is 1. The van der Waals surface area contributed by atoms with Gasteiger partial charge in [-0.2, -0.15) is 0 Å². The minimum atomic E-state index is -0.288. The van der Waals surface area contributed by atoms with Crippen LogP contribution in [0.15, 0.2) is 77.3 Å². The van der Waals surface area contributed by atoms with Gasteiger partial charge in [0.2, 0.25) is 5.91 Å². The molecule has 0 aliphatic carbocycles. The van der Waals surface area contributed by atoms with E-state index >= 15 is 0 Å². The van der Waals surface area contributed by atoms with E-state index in [2.05, 4.69) is 16.3 Å². The molecular formula is C24H23FN4OS2. The van der Waals surface area contributed by atoms with Crippen LogP contribution in [0.3, 0.4) is 0 Å². The van der Waals surface area contributed by atoms with Crippen LogP contribution in [0.25, 0.3) is 5.69 Å². The van der Waals surface area contributed by atoms with Crippen LogP contribution in [0.1, 0.15) is 29.2 Å². The van der Waals surface area contributed by atoms with Gasteiger partial charge in [0, 0.05) is 24.0 Å². The predicted octanol–water partition coefficient (Wildman–Crippen LogP) is 5.37. The zero-order chi connectivity index (χ0) is 22.5. The van der Waals surface area contributed by atoms with Crippen LogP contribution in [0, 0.1) is 5.82 Å². The Bertz CT molecular complexity index is 1160. The van der Waals surface area contributed by atoms with Gasteiger partial charge in [-0.05, 0) is 48.2 Å². The van der Waals surface area contributed by atoms with E-state index in [1.807, 2.05) is 53.3 Å². The van der Waals surface area contributed by atoms with Crippen LogP contribution in [-0.2, 0) is 11.2 Å². The van der Waals surface area contributed by atoms with Crippen molar-refractivity contribution >= 4 is 29.0 Å². The first-order chi connectivity index (χ1) is 15.5. The fourth-order valence-electron chi connectivity index (χ4n) is 3.32. The largest absolute Gasteiger partial charge is 0.338 e. The molecule has 0 bridgehead atoms. The van der Waals surface area contributed by atoms with Crippen molar-refractivity contribution in [1.82, 2.24) is 19.7 Å². The number of benzene rings is 2. The van der Waals surface area contributed by atoms with Gasteiger partial charge in [-0.15, -0.1) is 21.5 Å². The summed E-state index contributed by atoms with van der Waals surface area (Å²) in [7, 11) is 1.76. The summed E-state index contributed by atoms with van der Waals surface area (Å²) < 4.78 is 15.2. The van der Waals surface area contributed by atoms with Gasteiger partial charge in [0.25, 0.3) is 0 Å². The Morgan fingerprint density at radius 2 is 1.84 bits per heavy atom. The molecule has 4 rings (SSSR count). The average molecular weight is 467 g/mol. The highest BCUT2D eigenvalue weighted by atomic mass is 32.2. The molecule has 164 valence electrons. The monoisotopic (exact) mass is 466 g/mol. The lowest BCUT2D eigenvalue weighted by Crippen LogP contribution is -2.31. The molecule has 4 aromatic rings. The molecule has 1 amide bonds. The Morgan fingerprint density at radius 3 is 2.53 bits per heavy atom. The summed E-state index contributed by atoms with van der Waals surface area (Å²) in [4.78, 5) is 15.8.